The third-order valence-corrected chi connectivity index (χ3v) is 3.56. The molecule has 0 fully saturated rings. The number of likely N-dealkylation sites (N-methyl/N-ethyl adjacent to an activating group) is 1. The largest absolute Gasteiger partial charge is 0.358 e. The number of nitrogens with zero attached hydrogens (tertiary/aromatic N) is 4. The van der Waals surface area contributed by atoms with Crippen LogP contribution < -0.4 is 10.2 Å². The average Bonchev–Trinajstić information content (AvgIpc) is 2.61. The van der Waals surface area contributed by atoms with Gasteiger partial charge in [0.2, 0.25) is 0 Å². The van der Waals surface area contributed by atoms with Gasteiger partial charge in [0.25, 0.3) is 5.91 Å². The van der Waals surface area contributed by atoms with Crippen LogP contribution in [0.4, 0.5) is 5.82 Å². The fourth-order valence-corrected chi connectivity index (χ4v) is 2.07. The topological polar surface area (TPSA) is 71.0 Å². The molecule has 2 rings (SSSR count). The predicted octanol–water partition coefficient (Wildman–Crippen LogP) is 2.08. The summed E-state index contributed by atoms with van der Waals surface area (Å²) >= 11 is 0. The Labute approximate surface area is 137 Å². The number of pyridine rings is 1. The van der Waals surface area contributed by atoms with E-state index in [9.17, 15) is 4.79 Å². The van der Waals surface area contributed by atoms with E-state index in [4.69, 9.17) is 0 Å². The Balaban J connectivity index is 1.87. The Kier molecular flexibility index (Phi) is 6.47. The van der Waals surface area contributed by atoms with Crippen molar-refractivity contribution >= 4 is 11.7 Å². The lowest BCUT2D eigenvalue weighted by atomic mass is 10.2. The van der Waals surface area contributed by atoms with Gasteiger partial charge in [-0.15, -0.1) is 0 Å². The van der Waals surface area contributed by atoms with Crippen LogP contribution in [-0.2, 0) is 6.42 Å². The van der Waals surface area contributed by atoms with Crippen LogP contribution >= 0.6 is 0 Å². The van der Waals surface area contributed by atoms with Gasteiger partial charge in [0.15, 0.2) is 0 Å². The number of hydrogen-bond acceptors (Lipinski definition) is 5. The van der Waals surface area contributed by atoms with Crippen molar-refractivity contribution in [3.05, 3.63) is 48.2 Å². The first-order chi connectivity index (χ1) is 11.2. The maximum absolute atomic E-state index is 11.9. The average molecular weight is 313 g/mol. The van der Waals surface area contributed by atoms with E-state index in [0.717, 1.165) is 31.6 Å². The molecule has 122 valence electrons. The number of hydrogen-bond donors (Lipinski definition) is 1. The number of rotatable bonds is 8. The van der Waals surface area contributed by atoms with Crippen molar-refractivity contribution in [1.82, 2.24) is 20.3 Å². The molecule has 0 atom stereocenters. The molecule has 0 spiro atoms. The molecule has 2 aromatic rings. The lowest BCUT2D eigenvalue weighted by Gasteiger charge is -2.17. The van der Waals surface area contributed by atoms with Crippen LogP contribution in [0.5, 0.6) is 0 Å². The minimum atomic E-state index is -0.170. The van der Waals surface area contributed by atoms with E-state index < -0.39 is 0 Å². The second-order valence-corrected chi connectivity index (χ2v) is 5.40. The zero-order valence-electron chi connectivity index (χ0n) is 13.7. The van der Waals surface area contributed by atoms with E-state index in [0.29, 0.717) is 12.2 Å². The van der Waals surface area contributed by atoms with Gasteiger partial charge >= 0.3 is 0 Å². The summed E-state index contributed by atoms with van der Waals surface area (Å²) in [5.41, 5.74) is 1.58. The molecule has 0 aliphatic heterocycles. The van der Waals surface area contributed by atoms with Gasteiger partial charge in [-0.3, -0.25) is 9.78 Å². The Hall–Kier alpha value is -2.50. The van der Waals surface area contributed by atoms with Gasteiger partial charge in [-0.2, -0.15) is 0 Å². The lowest BCUT2D eigenvalue weighted by molar-refractivity contribution is 0.0948. The highest BCUT2D eigenvalue weighted by molar-refractivity contribution is 5.91. The number of unbranched alkanes of at least 4 members (excludes halogenated alkanes) is 1. The van der Waals surface area contributed by atoms with Crippen LogP contribution in [0.15, 0.2) is 36.9 Å². The van der Waals surface area contributed by atoms with E-state index in [2.05, 4.69) is 27.2 Å². The van der Waals surface area contributed by atoms with Crippen LogP contribution in [-0.4, -0.2) is 41.0 Å². The van der Waals surface area contributed by atoms with Gasteiger partial charge in [0, 0.05) is 32.5 Å². The normalized spacial score (nSPS) is 10.3. The molecule has 23 heavy (non-hydrogen) atoms. The highest BCUT2D eigenvalue weighted by Gasteiger charge is 2.09. The van der Waals surface area contributed by atoms with Gasteiger partial charge < -0.3 is 10.2 Å². The molecule has 0 saturated heterocycles. The summed E-state index contributed by atoms with van der Waals surface area (Å²) in [4.78, 5) is 26.4. The van der Waals surface area contributed by atoms with E-state index in [-0.39, 0.29) is 5.91 Å². The summed E-state index contributed by atoms with van der Waals surface area (Å²) in [5.74, 6) is 0.584. The van der Waals surface area contributed by atoms with Crippen molar-refractivity contribution in [2.75, 3.05) is 25.0 Å². The quantitative estimate of drug-likeness (QED) is 0.756. The standard InChI is InChI=1S/C17H23N5O/c1-3-4-8-19-17(23)15-12-21-16(13-20-15)22(2)11-7-14-5-9-18-10-6-14/h5-6,9-10,12-13H,3-4,7-8,11H2,1-2H3,(H,19,23). The molecule has 0 aliphatic rings. The van der Waals surface area contributed by atoms with Crippen molar-refractivity contribution in [3.8, 4) is 0 Å². The van der Waals surface area contributed by atoms with E-state index in [1.807, 2.05) is 24.1 Å². The van der Waals surface area contributed by atoms with Gasteiger partial charge in [0.1, 0.15) is 11.5 Å². The molecular formula is C17H23N5O. The predicted molar refractivity (Wildman–Crippen MR) is 90.5 cm³/mol. The zero-order chi connectivity index (χ0) is 16.5. The fourth-order valence-electron chi connectivity index (χ4n) is 2.07. The fraction of sp³-hybridized carbons (Fsp3) is 0.412. The second-order valence-electron chi connectivity index (χ2n) is 5.40. The summed E-state index contributed by atoms with van der Waals surface area (Å²) in [5, 5.41) is 2.83. The van der Waals surface area contributed by atoms with Gasteiger partial charge in [-0.25, -0.2) is 9.97 Å². The minimum absolute atomic E-state index is 0.170. The molecule has 1 amide bonds. The number of aromatic nitrogens is 3. The summed E-state index contributed by atoms with van der Waals surface area (Å²) in [6.45, 7) is 3.58. The molecule has 6 heteroatoms. The molecule has 0 bridgehead atoms. The molecule has 0 saturated carbocycles. The number of amides is 1. The van der Waals surface area contributed by atoms with Crippen LogP contribution in [0.25, 0.3) is 0 Å². The SMILES string of the molecule is CCCCNC(=O)c1cnc(N(C)CCc2ccncc2)cn1. The Bertz CT molecular complexity index is 600. The number of carbonyl (C=O) groups is 1. The van der Waals surface area contributed by atoms with Crippen molar-refractivity contribution in [2.24, 2.45) is 0 Å². The number of anilines is 1. The molecule has 0 radical (unpaired) electrons. The third-order valence-electron chi connectivity index (χ3n) is 3.56. The Morgan fingerprint density at radius 2 is 2.00 bits per heavy atom. The van der Waals surface area contributed by atoms with Crippen LogP contribution in [0.2, 0.25) is 0 Å². The maximum Gasteiger partial charge on any atom is 0.271 e. The van der Waals surface area contributed by atoms with E-state index in [1.54, 1.807) is 18.6 Å². The molecule has 6 nitrogen and oxygen atoms in total. The molecule has 0 aromatic carbocycles. The number of nitrogens with one attached hydrogen (secondary N) is 1. The summed E-state index contributed by atoms with van der Waals surface area (Å²) in [7, 11) is 1.96. The van der Waals surface area contributed by atoms with Crippen LogP contribution in [0, 0.1) is 0 Å². The highest BCUT2D eigenvalue weighted by atomic mass is 16.1. The minimum Gasteiger partial charge on any atom is -0.358 e. The Morgan fingerprint density at radius 1 is 1.22 bits per heavy atom. The summed E-state index contributed by atoms with van der Waals surface area (Å²) in [6.07, 6.45) is 9.67. The first-order valence-corrected chi connectivity index (χ1v) is 7.91. The monoisotopic (exact) mass is 313 g/mol. The van der Waals surface area contributed by atoms with Crippen molar-refractivity contribution < 1.29 is 4.79 Å². The molecule has 2 aromatic heterocycles. The molecule has 1 N–H and O–H groups in total. The summed E-state index contributed by atoms with van der Waals surface area (Å²) < 4.78 is 0. The van der Waals surface area contributed by atoms with Crippen LogP contribution in [0.3, 0.4) is 0 Å². The summed E-state index contributed by atoms with van der Waals surface area (Å²) in [6, 6.07) is 4.01. The van der Waals surface area contributed by atoms with Gasteiger partial charge in [-0.1, -0.05) is 13.3 Å². The molecule has 0 unspecified atom stereocenters. The molecule has 2 heterocycles. The maximum atomic E-state index is 11.9. The first-order valence-electron chi connectivity index (χ1n) is 7.91. The van der Waals surface area contributed by atoms with Crippen molar-refractivity contribution in [2.45, 2.75) is 26.2 Å². The molecule has 0 aliphatic carbocycles. The van der Waals surface area contributed by atoms with Gasteiger partial charge in [0.05, 0.1) is 12.4 Å². The van der Waals surface area contributed by atoms with Crippen LogP contribution in [0.1, 0.15) is 35.8 Å². The third kappa shape index (κ3) is 5.32. The lowest BCUT2D eigenvalue weighted by Crippen LogP contribution is -2.26. The van der Waals surface area contributed by atoms with Gasteiger partial charge in [-0.05, 0) is 30.5 Å². The Morgan fingerprint density at radius 3 is 2.65 bits per heavy atom. The van der Waals surface area contributed by atoms with E-state index in [1.165, 1.54) is 11.8 Å². The highest BCUT2D eigenvalue weighted by Crippen LogP contribution is 2.08. The molecular weight excluding hydrogens is 290 g/mol. The zero-order valence-corrected chi connectivity index (χ0v) is 13.7. The van der Waals surface area contributed by atoms with Crippen molar-refractivity contribution in [1.29, 1.82) is 0 Å². The van der Waals surface area contributed by atoms with E-state index >= 15 is 0 Å². The van der Waals surface area contributed by atoms with Crippen molar-refractivity contribution in [3.63, 3.8) is 0 Å². The second kappa shape index (κ2) is 8.82. The smallest absolute Gasteiger partial charge is 0.271 e. The number of carbonyl (C=O) groups excluding carboxylic acids is 1. The first kappa shape index (κ1) is 16.9.